The van der Waals surface area contributed by atoms with Gasteiger partial charge in [-0.05, 0) is 34.4 Å². The maximum absolute atomic E-state index is 13.4. The standard InChI is InChI=1S/C26H24N4O5/c31-22-14-23(32)30(17-19-6-8-20(9-7-19)21-10-12-27-13-11-21)26(29-22,25(35)28-16-24(33)34)15-18-4-2-1-3-5-18/h1-14,32H,15-17H2,(H,28,35)(H,29,31)(H,33,34). The number of carbonyl (C=O) groups excluding carboxylic acids is 2. The van der Waals surface area contributed by atoms with Gasteiger partial charge in [-0.3, -0.25) is 19.4 Å². The van der Waals surface area contributed by atoms with E-state index in [4.69, 9.17) is 5.11 Å². The number of amides is 2. The van der Waals surface area contributed by atoms with Gasteiger partial charge in [-0.2, -0.15) is 0 Å². The Kier molecular flexibility index (Phi) is 6.77. The molecule has 4 N–H and O–H groups in total. The Morgan fingerprint density at radius 3 is 2.26 bits per heavy atom. The lowest BCUT2D eigenvalue weighted by molar-refractivity contribution is -0.146. The van der Waals surface area contributed by atoms with Crippen molar-refractivity contribution in [3.8, 4) is 11.1 Å². The highest BCUT2D eigenvalue weighted by Crippen LogP contribution is 2.29. The summed E-state index contributed by atoms with van der Waals surface area (Å²) in [7, 11) is 0. The SMILES string of the molecule is O=C(O)CNC(=O)C1(Cc2ccccc2)NC(=O)C=C(O)N1Cc1ccc(-c2ccncc2)cc1. The van der Waals surface area contributed by atoms with Crippen molar-refractivity contribution in [2.24, 2.45) is 0 Å². The molecule has 1 aromatic heterocycles. The van der Waals surface area contributed by atoms with Gasteiger partial charge in [-0.15, -0.1) is 0 Å². The molecular weight excluding hydrogens is 448 g/mol. The fourth-order valence-electron chi connectivity index (χ4n) is 4.04. The first kappa shape index (κ1) is 23.5. The summed E-state index contributed by atoms with van der Waals surface area (Å²) < 4.78 is 0. The normalized spacial score (nSPS) is 17.3. The Morgan fingerprint density at radius 1 is 0.943 bits per heavy atom. The number of aliphatic carboxylic acids is 1. The molecule has 0 aliphatic carbocycles. The van der Waals surface area contributed by atoms with Gasteiger partial charge in [0.15, 0.2) is 5.88 Å². The lowest BCUT2D eigenvalue weighted by Crippen LogP contribution is -2.71. The first-order valence-electron chi connectivity index (χ1n) is 10.9. The quantitative estimate of drug-likeness (QED) is 0.395. The number of aliphatic hydroxyl groups is 1. The predicted molar refractivity (Wildman–Crippen MR) is 128 cm³/mol. The molecule has 178 valence electrons. The van der Waals surface area contributed by atoms with E-state index < -0.39 is 35.9 Å². The van der Waals surface area contributed by atoms with Crippen molar-refractivity contribution < 1.29 is 24.6 Å². The number of carboxylic acid groups (broad SMARTS) is 1. The summed E-state index contributed by atoms with van der Waals surface area (Å²) in [6.45, 7) is -0.559. The summed E-state index contributed by atoms with van der Waals surface area (Å²) in [6, 6.07) is 20.3. The average molecular weight is 473 g/mol. The maximum Gasteiger partial charge on any atom is 0.322 e. The van der Waals surface area contributed by atoms with E-state index in [2.05, 4.69) is 15.6 Å². The second-order valence-corrected chi connectivity index (χ2v) is 8.11. The second kappa shape index (κ2) is 10.1. The number of pyridine rings is 1. The van der Waals surface area contributed by atoms with Crippen LogP contribution in [0.1, 0.15) is 11.1 Å². The third kappa shape index (κ3) is 5.30. The van der Waals surface area contributed by atoms with Crippen LogP contribution < -0.4 is 10.6 Å². The van der Waals surface area contributed by atoms with Crippen LogP contribution in [0, 0.1) is 0 Å². The summed E-state index contributed by atoms with van der Waals surface area (Å²) in [5.41, 5.74) is 1.69. The molecule has 0 saturated carbocycles. The number of aliphatic hydroxyl groups excluding tert-OH is 1. The van der Waals surface area contributed by atoms with Crippen molar-refractivity contribution in [2.45, 2.75) is 18.6 Å². The molecule has 9 nitrogen and oxygen atoms in total. The van der Waals surface area contributed by atoms with Gasteiger partial charge in [0, 0.05) is 25.4 Å². The molecule has 1 aliphatic heterocycles. The molecule has 35 heavy (non-hydrogen) atoms. The van der Waals surface area contributed by atoms with Gasteiger partial charge in [0.05, 0.1) is 6.08 Å². The highest BCUT2D eigenvalue weighted by molar-refractivity contribution is 5.98. The first-order chi connectivity index (χ1) is 16.9. The van der Waals surface area contributed by atoms with Crippen LogP contribution in [-0.2, 0) is 27.3 Å². The second-order valence-electron chi connectivity index (χ2n) is 8.11. The van der Waals surface area contributed by atoms with E-state index >= 15 is 0 Å². The number of nitrogens with zero attached hydrogens (tertiary/aromatic N) is 2. The molecule has 9 heteroatoms. The summed E-state index contributed by atoms with van der Waals surface area (Å²) in [4.78, 5) is 42.3. The molecule has 0 bridgehead atoms. The Labute approximate surface area is 201 Å². The van der Waals surface area contributed by atoms with Crippen molar-refractivity contribution in [3.63, 3.8) is 0 Å². The third-order valence-corrected chi connectivity index (χ3v) is 5.71. The highest BCUT2D eigenvalue weighted by atomic mass is 16.4. The summed E-state index contributed by atoms with van der Waals surface area (Å²) in [5.74, 6) is -3.03. The van der Waals surface area contributed by atoms with Gasteiger partial charge in [0.1, 0.15) is 6.54 Å². The largest absolute Gasteiger partial charge is 0.494 e. The third-order valence-electron chi connectivity index (χ3n) is 5.71. The van der Waals surface area contributed by atoms with E-state index in [0.717, 1.165) is 22.8 Å². The van der Waals surface area contributed by atoms with Crippen LogP contribution >= 0.6 is 0 Å². The number of hydrogen-bond acceptors (Lipinski definition) is 6. The number of carbonyl (C=O) groups is 3. The van der Waals surface area contributed by atoms with Gasteiger partial charge in [0.2, 0.25) is 5.66 Å². The van der Waals surface area contributed by atoms with E-state index in [1.807, 2.05) is 42.5 Å². The summed E-state index contributed by atoms with van der Waals surface area (Å²) in [5, 5.41) is 24.9. The molecule has 0 fully saturated rings. The van der Waals surface area contributed by atoms with E-state index in [1.165, 1.54) is 4.90 Å². The Balaban J connectivity index is 1.70. The molecule has 0 saturated heterocycles. The number of benzene rings is 2. The van der Waals surface area contributed by atoms with Crippen molar-refractivity contribution >= 4 is 17.8 Å². The monoisotopic (exact) mass is 472 g/mol. The lowest BCUT2D eigenvalue weighted by Gasteiger charge is -2.45. The van der Waals surface area contributed by atoms with Crippen LogP contribution in [0.25, 0.3) is 11.1 Å². The fraction of sp³-hybridized carbons (Fsp3) is 0.154. The van der Waals surface area contributed by atoms with E-state index in [9.17, 15) is 19.5 Å². The van der Waals surface area contributed by atoms with Gasteiger partial charge < -0.3 is 25.7 Å². The van der Waals surface area contributed by atoms with E-state index in [0.29, 0.717) is 5.56 Å². The van der Waals surface area contributed by atoms with Crippen LogP contribution in [0.15, 0.2) is 91.1 Å². The Bertz CT molecular complexity index is 1250. The molecule has 0 spiro atoms. The molecule has 2 heterocycles. The summed E-state index contributed by atoms with van der Waals surface area (Å²) >= 11 is 0. The zero-order chi connectivity index (χ0) is 24.8. The number of nitrogens with one attached hydrogen (secondary N) is 2. The van der Waals surface area contributed by atoms with Gasteiger partial charge in [-0.25, -0.2) is 0 Å². The van der Waals surface area contributed by atoms with Crippen molar-refractivity contribution in [2.75, 3.05) is 6.54 Å². The topological polar surface area (TPSA) is 132 Å². The minimum Gasteiger partial charge on any atom is -0.494 e. The molecule has 4 rings (SSSR count). The zero-order valence-electron chi connectivity index (χ0n) is 18.7. The number of carboxylic acids is 1. The van der Waals surface area contributed by atoms with Crippen molar-refractivity contribution in [1.82, 2.24) is 20.5 Å². The van der Waals surface area contributed by atoms with Gasteiger partial charge in [-0.1, -0.05) is 54.6 Å². The molecule has 2 aromatic carbocycles. The van der Waals surface area contributed by atoms with Gasteiger partial charge >= 0.3 is 5.97 Å². The van der Waals surface area contributed by atoms with Crippen LogP contribution in [0.2, 0.25) is 0 Å². The molecule has 1 unspecified atom stereocenters. The summed E-state index contributed by atoms with van der Waals surface area (Å²) in [6.07, 6.45) is 4.41. The van der Waals surface area contributed by atoms with Crippen LogP contribution in [-0.4, -0.2) is 50.1 Å². The number of hydrogen-bond donors (Lipinski definition) is 4. The van der Waals surface area contributed by atoms with E-state index in [1.54, 1.807) is 36.7 Å². The molecule has 1 aliphatic rings. The molecule has 1 atom stereocenters. The van der Waals surface area contributed by atoms with Crippen LogP contribution in [0.3, 0.4) is 0 Å². The first-order valence-corrected chi connectivity index (χ1v) is 10.9. The number of aromatic nitrogens is 1. The molecule has 0 radical (unpaired) electrons. The van der Waals surface area contributed by atoms with Crippen LogP contribution in [0.5, 0.6) is 0 Å². The Hall–Kier alpha value is -4.66. The highest BCUT2D eigenvalue weighted by Gasteiger charge is 2.49. The van der Waals surface area contributed by atoms with Gasteiger partial charge in [0.25, 0.3) is 11.8 Å². The maximum atomic E-state index is 13.4. The minimum atomic E-state index is -1.75. The lowest BCUT2D eigenvalue weighted by atomic mass is 9.93. The predicted octanol–water partition coefficient (Wildman–Crippen LogP) is 2.22. The Morgan fingerprint density at radius 2 is 1.60 bits per heavy atom. The average Bonchev–Trinajstić information content (AvgIpc) is 2.86. The van der Waals surface area contributed by atoms with Crippen LogP contribution in [0.4, 0.5) is 0 Å². The van der Waals surface area contributed by atoms with E-state index in [-0.39, 0.29) is 13.0 Å². The molecule has 3 aromatic rings. The zero-order valence-corrected chi connectivity index (χ0v) is 18.7. The minimum absolute atomic E-state index is 0.00195. The van der Waals surface area contributed by atoms with Crippen molar-refractivity contribution in [3.05, 3.63) is 102 Å². The van der Waals surface area contributed by atoms with Crippen molar-refractivity contribution in [1.29, 1.82) is 0 Å². The molecule has 2 amide bonds. The fourth-order valence-corrected chi connectivity index (χ4v) is 4.04. The smallest absolute Gasteiger partial charge is 0.322 e. The number of rotatable bonds is 8. The molecular formula is C26H24N4O5.